The molecule has 2 rings (SSSR count). The van der Waals surface area contributed by atoms with Crippen LogP contribution in [0, 0.1) is 12.8 Å². The lowest BCUT2D eigenvalue weighted by molar-refractivity contribution is 0.0929. The maximum Gasteiger partial charge on any atom is 0.269 e. The quantitative estimate of drug-likeness (QED) is 0.824. The van der Waals surface area contributed by atoms with E-state index in [0.29, 0.717) is 24.6 Å². The van der Waals surface area contributed by atoms with Gasteiger partial charge in [0.2, 0.25) is 0 Å². The van der Waals surface area contributed by atoms with E-state index >= 15 is 0 Å². The Hall–Kier alpha value is -2.11. The van der Waals surface area contributed by atoms with Crippen molar-refractivity contribution >= 4 is 5.91 Å². The minimum Gasteiger partial charge on any atom is -0.348 e. The minimum absolute atomic E-state index is 0.0129. The molecule has 0 aliphatic carbocycles. The van der Waals surface area contributed by atoms with Gasteiger partial charge in [-0.3, -0.25) is 14.6 Å². The first-order valence-electron chi connectivity index (χ1n) is 8.27. The molecule has 0 aliphatic heterocycles. The summed E-state index contributed by atoms with van der Waals surface area (Å²) in [5.41, 5.74) is 3.59. The molecule has 6 heteroatoms. The highest BCUT2D eigenvalue weighted by molar-refractivity contribution is 5.92. The fourth-order valence-corrected chi connectivity index (χ4v) is 2.65. The number of carbonyl (C=O) groups excluding carboxylic acids is 1. The van der Waals surface area contributed by atoms with Crippen LogP contribution in [0.3, 0.4) is 0 Å². The Bertz CT molecular complexity index is 656. The van der Waals surface area contributed by atoms with Crippen molar-refractivity contribution in [2.75, 3.05) is 0 Å². The Morgan fingerprint density at radius 3 is 2.57 bits per heavy atom. The number of nitrogens with one attached hydrogen (secondary N) is 2. The summed E-state index contributed by atoms with van der Waals surface area (Å²) in [6.07, 6.45) is 1.59. The van der Waals surface area contributed by atoms with Crippen molar-refractivity contribution in [2.45, 2.75) is 60.0 Å². The number of aromatic nitrogens is 4. The second kappa shape index (κ2) is 7.44. The molecule has 0 unspecified atom stereocenters. The van der Waals surface area contributed by atoms with Crippen molar-refractivity contribution in [3.05, 3.63) is 34.9 Å². The number of aryl methyl sites for hydroxylation is 2. The zero-order valence-corrected chi connectivity index (χ0v) is 14.7. The van der Waals surface area contributed by atoms with Crippen molar-refractivity contribution < 1.29 is 4.79 Å². The van der Waals surface area contributed by atoms with Gasteiger partial charge in [-0.15, -0.1) is 0 Å². The maximum absolute atomic E-state index is 12.5. The van der Waals surface area contributed by atoms with E-state index < -0.39 is 0 Å². The van der Waals surface area contributed by atoms with Gasteiger partial charge >= 0.3 is 0 Å². The first kappa shape index (κ1) is 17.2. The van der Waals surface area contributed by atoms with Gasteiger partial charge in [-0.1, -0.05) is 13.8 Å². The molecule has 0 spiro atoms. The number of H-pyrrole nitrogens is 1. The number of hydrogen-bond donors (Lipinski definition) is 2. The molecule has 2 aromatic rings. The topological polar surface area (TPSA) is 75.6 Å². The Labute approximate surface area is 137 Å². The summed E-state index contributed by atoms with van der Waals surface area (Å²) in [4.78, 5) is 12.5. The zero-order chi connectivity index (χ0) is 17.0. The highest BCUT2D eigenvalue weighted by Crippen LogP contribution is 2.11. The monoisotopic (exact) mass is 317 g/mol. The van der Waals surface area contributed by atoms with E-state index in [1.165, 1.54) is 0 Å². The van der Waals surface area contributed by atoms with Crippen LogP contribution in [0.4, 0.5) is 0 Å². The van der Waals surface area contributed by atoms with Gasteiger partial charge < -0.3 is 5.32 Å². The number of aromatic amines is 1. The fraction of sp³-hybridized carbons (Fsp3) is 0.588. The molecule has 0 bridgehead atoms. The molecule has 0 fully saturated rings. The number of amides is 1. The highest BCUT2D eigenvalue weighted by atomic mass is 16.2. The molecule has 2 aromatic heterocycles. The summed E-state index contributed by atoms with van der Waals surface area (Å²) in [6.45, 7) is 10.9. The smallest absolute Gasteiger partial charge is 0.269 e. The second-order valence-electron chi connectivity index (χ2n) is 6.56. The van der Waals surface area contributed by atoms with Crippen molar-refractivity contribution in [1.82, 2.24) is 25.3 Å². The fourth-order valence-electron chi connectivity index (χ4n) is 2.65. The van der Waals surface area contributed by atoms with Crippen molar-refractivity contribution in [2.24, 2.45) is 5.92 Å². The van der Waals surface area contributed by atoms with E-state index in [1.54, 1.807) is 4.68 Å². The Morgan fingerprint density at radius 1 is 1.26 bits per heavy atom. The molecule has 0 saturated carbocycles. The average Bonchev–Trinajstić information content (AvgIpc) is 3.04. The summed E-state index contributed by atoms with van der Waals surface area (Å²) < 4.78 is 1.78. The molecule has 0 radical (unpaired) electrons. The van der Waals surface area contributed by atoms with E-state index in [2.05, 4.69) is 34.5 Å². The van der Waals surface area contributed by atoms with Crippen LogP contribution < -0.4 is 5.32 Å². The first-order valence-corrected chi connectivity index (χ1v) is 8.27. The van der Waals surface area contributed by atoms with Crippen LogP contribution >= 0.6 is 0 Å². The van der Waals surface area contributed by atoms with Crippen LogP contribution in [0.25, 0.3) is 0 Å². The van der Waals surface area contributed by atoms with Gasteiger partial charge in [0.15, 0.2) is 0 Å². The molecular weight excluding hydrogens is 290 g/mol. The summed E-state index contributed by atoms with van der Waals surface area (Å²) in [5.74, 6) is 0.446. The SMILES string of the molecule is CCn1nc(CC(C)C)cc1C(=O)N[C@H](C)Cc1cc(C)[nH]n1. The van der Waals surface area contributed by atoms with Crippen LogP contribution in [0.2, 0.25) is 0 Å². The minimum atomic E-state index is -0.0749. The predicted molar refractivity (Wildman–Crippen MR) is 90.4 cm³/mol. The van der Waals surface area contributed by atoms with Gasteiger partial charge in [0.05, 0.1) is 11.4 Å². The van der Waals surface area contributed by atoms with Crippen LogP contribution in [-0.2, 0) is 19.4 Å². The molecule has 0 aromatic carbocycles. The largest absolute Gasteiger partial charge is 0.348 e. The van der Waals surface area contributed by atoms with E-state index in [-0.39, 0.29) is 11.9 Å². The normalized spacial score (nSPS) is 12.6. The summed E-state index contributed by atoms with van der Waals surface area (Å²) >= 11 is 0. The second-order valence-corrected chi connectivity index (χ2v) is 6.56. The number of carbonyl (C=O) groups is 1. The van der Waals surface area contributed by atoms with Crippen LogP contribution in [0.5, 0.6) is 0 Å². The van der Waals surface area contributed by atoms with E-state index in [0.717, 1.165) is 23.5 Å². The average molecular weight is 317 g/mol. The molecule has 2 heterocycles. The molecule has 0 aliphatic rings. The van der Waals surface area contributed by atoms with Gasteiger partial charge in [0.1, 0.15) is 5.69 Å². The number of hydrogen-bond acceptors (Lipinski definition) is 3. The van der Waals surface area contributed by atoms with Crippen molar-refractivity contribution in [1.29, 1.82) is 0 Å². The molecule has 1 atom stereocenters. The molecule has 1 amide bonds. The maximum atomic E-state index is 12.5. The number of nitrogens with zero attached hydrogens (tertiary/aromatic N) is 3. The van der Waals surface area contributed by atoms with Gasteiger partial charge in [0, 0.05) is 24.7 Å². The van der Waals surface area contributed by atoms with Crippen LogP contribution in [0.1, 0.15) is 55.3 Å². The Balaban J connectivity index is 2.02. The van der Waals surface area contributed by atoms with Gasteiger partial charge in [-0.2, -0.15) is 10.2 Å². The van der Waals surface area contributed by atoms with E-state index in [1.807, 2.05) is 32.9 Å². The Morgan fingerprint density at radius 2 is 2.00 bits per heavy atom. The Kier molecular flexibility index (Phi) is 5.58. The highest BCUT2D eigenvalue weighted by Gasteiger charge is 2.17. The third-order valence-corrected chi connectivity index (χ3v) is 3.63. The molecule has 0 saturated heterocycles. The lowest BCUT2D eigenvalue weighted by Gasteiger charge is -2.13. The molecule has 2 N–H and O–H groups in total. The number of rotatable bonds is 7. The van der Waals surface area contributed by atoms with Gasteiger partial charge in [-0.05, 0) is 45.2 Å². The third-order valence-electron chi connectivity index (χ3n) is 3.63. The van der Waals surface area contributed by atoms with Gasteiger partial charge in [0.25, 0.3) is 5.91 Å². The zero-order valence-electron chi connectivity index (χ0n) is 14.7. The van der Waals surface area contributed by atoms with Gasteiger partial charge in [-0.25, -0.2) is 0 Å². The lowest BCUT2D eigenvalue weighted by Crippen LogP contribution is -2.35. The predicted octanol–water partition coefficient (Wildman–Crippen LogP) is 2.49. The summed E-state index contributed by atoms with van der Waals surface area (Å²) in [5, 5.41) is 14.7. The lowest BCUT2D eigenvalue weighted by atomic mass is 10.1. The standard InChI is InChI=1S/C17H27N5O/c1-6-22-16(10-15(21-22)7-11(2)3)17(23)18-12(4)8-14-9-13(5)19-20-14/h9-12H,6-8H2,1-5H3,(H,18,23)(H,19,20)/t12-/m1/s1. The van der Waals surface area contributed by atoms with Crippen molar-refractivity contribution in [3.8, 4) is 0 Å². The van der Waals surface area contributed by atoms with Crippen LogP contribution in [-0.4, -0.2) is 31.9 Å². The molecule has 6 nitrogen and oxygen atoms in total. The molecule has 23 heavy (non-hydrogen) atoms. The summed E-state index contributed by atoms with van der Waals surface area (Å²) in [6, 6.07) is 3.92. The first-order chi connectivity index (χ1) is 10.9. The van der Waals surface area contributed by atoms with E-state index in [4.69, 9.17) is 0 Å². The summed E-state index contributed by atoms with van der Waals surface area (Å²) in [7, 11) is 0. The van der Waals surface area contributed by atoms with Crippen molar-refractivity contribution in [3.63, 3.8) is 0 Å². The third kappa shape index (κ3) is 4.68. The van der Waals surface area contributed by atoms with Crippen LogP contribution in [0.15, 0.2) is 12.1 Å². The molecular formula is C17H27N5O. The molecule has 126 valence electrons. The van der Waals surface area contributed by atoms with E-state index in [9.17, 15) is 4.79 Å².